The van der Waals surface area contributed by atoms with Crippen molar-refractivity contribution in [1.82, 2.24) is 10.6 Å². The predicted molar refractivity (Wildman–Crippen MR) is 85.8 cm³/mol. The molecule has 2 nitrogen and oxygen atoms in total. The first-order valence-electron chi connectivity index (χ1n) is 8.80. The van der Waals surface area contributed by atoms with Crippen LogP contribution in [0.25, 0.3) is 0 Å². The van der Waals surface area contributed by atoms with Gasteiger partial charge in [-0.2, -0.15) is 0 Å². The van der Waals surface area contributed by atoms with Crippen LogP contribution in [0.4, 0.5) is 0 Å². The minimum Gasteiger partial charge on any atom is -0.315 e. The summed E-state index contributed by atoms with van der Waals surface area (Å²) in [5, 5.41) is 7.31. The molecule has 0 aromatic carbocycles. The maximum Gasteiger partial charge on any atom is 0.0164 e. The highest BCUT2D eigenvalue weighted by molar-refractivity contribution is 5.11. The van der Waals surface area contributed by atoms with Crippen LogP contribution in [0.1, 0.15) is 66.2 Å². The highest BCUT2D eigenvalue weighted by Crippen LogP contribution is 2.69. The van der Waals surface area contributed by atoms with Crippen LogP contribution in [0.15, 0.2) is 0 Å². The Bertz CT molecular complexity index is 346. The fourth-order valence-electron chi connectivity index (χ4n) is 6.71. The summed E-state index contributed by atoms with van der Waals surface area (Å²) in [7, 11) is 0. The van der Waals surface area contributed by atoms with Gasteiger partial charge in [-0.05, 0) is 74.2 Å². The maximum absolute atomic E-state index is 3.85. The molecule has 0 aliphatic heterocycles. The summed E-state index contributed by atoms with van der Waals surface area (Å²) in [6, 6.07) is 0.601. The number of nitrogens with one attached hydrogen (secondary N) is 2. The second kappa shape index (κ2) is 4.98. The van der Waals surface area contributed by atoms with Crippen LogP contribution in [0.2, 0.25) is 0 Å². The summed E-state index contributed by atoms with van der Waals surface area (Å²) in [4.78, 5) is 0. The summed E-state index contributed by atoms with van der Waals surface area (Å²) < 4.78 is 0. The first-order valence-corrected chi connectivity index (χ1v) is 8.80. The van der Waals surface area contributed by atoms with E-state index in [1.807, 2.05) is 0 Å². The van der Waals surface area contributed by atoms with Gasteiger partial charge in [-0.15, -0.1) is 0 Å². The van der Waals surface area contributed by atoms with Gasteiger partial charge in [-0.25, -0.2) is 0 Å². The molecular formula is C18H34N2. The van der Waals surface area contributed by atoms with Crippen LogP contribution in [0.5, 0.6) is 0 Å². The Balaban J connectivity index is 1.64. The van der Waals surface area contributed by atoms with Gasteiger partial charge in [-0.1, -0.05) is 20.8 Å². The van der Waals surface area contributed by atoms with Gasteiger partial charge in [0.2, 0.25) is 0 Å². The van der Waals surface area contributed by atoms with Gasteiger partial charge >= 0.3 is 0 Å². The molecule has 4 aliphatic carbocycles. The summed E-state index contributed by atoms with van der Waals surface area (Å²) in [5.74, 6) is 1.02. The molecular weight excluding hydrogens is 244 g/mol. The molecule has 0 heterocycles. The highest BCUT2D eigenvalue weighted by atomic mass is 15.0. The topological polar surface area (TPSA) is 24.1 Å². The van der Waals surface area contributed by atoms with E-state index in [0.717, 1.165) is 19.0 Å². The van der Waals surface area contributed by atoms with Crippen LogP contribution in [-0.2, 0) is 0 Å². The molecule has 0 radical (unpaired) electrons. The Hall–Kier alpha value is -0.0800. The molecule has 4 fully saturated rings. The lowest BCUT2D eigenvalue weighted by Gasteiger charge is -2.65. The lowest BCUT2D eigenvalue weighted by Crippen LogP contribution is -2.58. The van der Waals surface area contributed by atoms with Crippen molar-refractivity contribution in [2.24, 2.45) is 22.2 Å². The van der Waals surface area contributed by atoms with E-state index in [1.54, 1.807) is 0 Å². The summed E-state index contributed by atoms with van der Waals surface area (Å²) in [6.07, 6.45) is 8.97. The fourth-order valence-corrected chi connectivity index (χ4v) is 6.71. The standard InChI is InChI=1S/C18H34N2/c1-5-19-9-14(2)20-13-18-8-15-6-16(3,11-18)10-17(4,7-15)12-18/h14-15,19-20H,5-13H2,1-4H3. The maximum atomic E-state index is 3.85. The zero-order valence-electron chi connectivity index (χ0n) is 14.0. The van der Waals surface area contributed by atoms with E-state index in [-0.39, 0.29) is 0 Å². The van der Waals surface area contributed by atoms with Crippen LogP contribution in [-0.4, -0.2) is 25.7 Å². The lowest BCUT2D eigenvalue weighted by atomic mass is 9.40. The van der Waals surface area contributed by atoms with Gasteiger partial charge in [0.15, 0.2) is 0 Å². The lowest BCUT2D eigenvalue weighted by molar-refractivity contribution is -0.143. The van der Waals surface area contributed by atoms with Crippen molar-refractivity contribution < 1.29 is 0 Å². The van der Waals surface area contributed by atoms with E-state index in [0.29, 0.717) is 22.3 Å². The zero-order valence-corrected chi connectivity index (χ0v) is 14.0. The zero-order chi connectivity index (χ0) is 14.4. The molecule has 0 saturated heterocycles. The molecule has 116 valence electrons. The van der Waals surface area contributed by atoms with E-state index in [4.69, 9.17) is 0 Å². The summed E-state index contributed by atoms with van der Waals surface area (Å²) in [5.41, 5.74) is 1.92. The van der Waals surface area contributed by atoms with Crippen molar-refractivity contribution in [2.45, 2.75) is 72.3 Å². The van der Waals surface area contributed by atoms with Crippen molar-refractivity contribution >= 4 is 0 Å². The van der Waals surface area contributed by atoms with Crippen LogP contribution < -0.4 is 10.6 Å². The molecule has 3 atom stereocenters. The van der Waals surface area contributed by atoms with Gasteiger partial charge in [-0.3, -0.25) is 0 Å². The Morgan fingerprint density at radius 1 is 1.05 bits per heavy atom. The molecule has 20 heavy (non-hydrogen) atoms. The van der Waals surface area contributed by atoms with Crippen molar-refractivity contribution in [3.8, 4) is 0 Å². The van der Waals surface area contributed by atoms with Gasteiger partial charge < -0.3 is 10.6 Å². The minimum absolute atomic E-state index is 0.601. The molecule has 3 unspecified atom stereocenters. The molecule has 0 aromatic rings. The number of hydrogen-bond acceptors (Lipinski definition) is 2. The first kappa shape index (κ1) is 14.8. The summed E-state index contributed by atoms with van der Waals surface area (Å²) >= 11 is 0. The fraction of sp³-hybridized carbons (Fsp3) is 1.00. The van der Waals surface area contributed by atoms with E-state index >= 15 is 0 Å². The van der Waals surface area contributed by atoms with E-state index in [2.05, 4.69) is 38.3 Å². The molecule has 0 amide bonds. The quantitative estimate of drug-likeness (QED) is 0.776. The number of rotatable bonds is 6. The van der Waals surface area contributed by atoms with Gasteiger partial charge in [0.1, 0.15) is 0 Å². The van der Waals surface area contributed by atoms with Crippen molar-refractivity contribution in [3.63, 3.8) is 0 Å². The van der Waals surface area contributed by atoms with E-state index in [9.17, 15) is 0 Å². The second-order valence-corrected chi connectivity index (χ2v) is 9.22. The van der Waals surface area contributed by atoms with Gasteiger partial charge in [0, 0.05) is 19.1 Å². The highest BCUT2D eigenvalue weighted by Gasteiger charge is 2.59. The molecule has 4 saturated carbocycles. The van der Waals surface area contributed by atoms with Crippen LogP contribution in [0.3, 0.4) is 0 Å². The van der Waals surface area contributed by atoms with Crippen molar-refractivity contribution in [1.29, 1.82) is 0 Å². The van der Waals surface area contributed by atoms with Crippen molar-refractivity contribution in [3.05, 3.63) is 0 Å². The second-order valence-electron chi connectivity index (χ2n) is 9.22. The Morgan fingerprint density at radius 2 is 1.70 bits per heavy atom. The van der Waals surface area contributed by atoms with E-state index < -0.39 is 0 Å². The molecule has 4 rings (SSSR count). The third-order valence-electron chi connectivity index (χ3n) is 6.27. The Labute approximate surface area is 125 Å². The third kappa shape index (κ3) is 2.78. The normalized spacial score (nSPS) is 47.7. The van der Waals surface area contributed by atoms with E-state index in [1.165, 1.54) is 45.1 Å². The average Bonchev–Trinajstić information content (AvgIpc) is 2.29. The largest absolute Gasteiger partial charge is 0.315 e. The molecule has 4 bridgehead atoms. The Kier molecular flexibility index (Phi) is 3.70. The molecule has 0 aromatic heterocycles. The predicted octanol–water partition coefficient (Wildman–Crippen LogP) is 3.57. The van der Waals surface area contributed by atoms with Crippen LogP contribution in [0, 0.1) is 22.2 Å². The smallest absolute Gasteiger partial charge is 0.0164 e. The first-order chi connectivity index (χ1) is 9.36. The summed E-state index contributed by atoms with van der Waals surface area (Å²) in [6.45, 7) is 13.1. The molecule has 0 spiro atoms. The number of hydrogen-bond donors (Lipinski definition) is 2. The average molecular weight is 278 g/mol. The van der Waals surface area contributed by atoms with Gasteiger partial charge in [0.25, 0.3) is 0 Å². The number of likely N-dealkylation sites (N-methyl/N-ethyl adjacent to an activating group) is 1. The third-order valence-corrected chi connectivity index (χ3v) is 6.27. The minimum atomic E-state index is 0.601. The monoisotopic (exact) mass is 278 g/mol. The van der Waals surface area contributed by atoms with Crippen LogP contribution >= 0.6 is 0 Å². The molecule has 2 N–H and O–H groups in total. The van der Waals surface area contributed by atoms with Crippen molar-refractivity contribution in [2.75, 3.05) is 19.6 Å². The Morgan fingerprint density at radius 3 is 2.25 bits per heavy atom. The van der Waals surface area contributed by atoms with Gasteiger partial charge in [0.05, 0.1) is 0 Å². The SMILES string of the molecule is CCNCC(C)NCC12CC3CC(C)(CC(C)(C3)C1)C2. The molecule has 2 heteroatoms. The molecule has 4 aliphatic rings.